The zero-order valence-electron chi connectivity index (χ0n) is 19.6. The molecule has 1 heterocycles. The van der Waals surface area contributed by atoms with Gasteiger partial charge in [-0.25, -0.2) is 13.1 Å². The first-order valence-corrected chi connectivity index (χ1v) is 12.6. The first kappa shape index (κ1) is 24.3. The SMILES string of the molecule is COc1ccc(S(=O)(=O)N[C@H](C)c2ccc(C(C)(C)C)cc2)cc1C(=O)N1CCCCC1. The monoisotopic (exact) mass is 458 g/mol. The van der Waals surface area contributed by atoms with Gasteiger partial charge in [-0.05, 0) is 60.9 Å². The minimum Gasteiger partial charge on any atom is -0.496 e. The summed E-state index contributed by atoms with van der Waals surface area (Å²) in [6, 6.07) is 12.0. The number of likely N-dealkylation sites (tertiary alicyclic amines) is 1. The average molecular weight is 459 g/mol. The van der Waals surface area contributed by atoms with E-state index in [0.717, 1.165) is 24.8 Å². The van der Waals surface area contributed by atoms with Crippen LogP contribution in [0, 0.1) is 0 Å². The van der Waals surface area contributed by atoms with E-state index in [9.17, 15) is 13.2 Å². The highest BCUT2D eigenvalue weighted by Crippen LogP contribution is 2.27. The Morgan fingerprint density at radius 3 is 2.22 bits per heavy atom. The van der Waals surface area contributed by atoms with E-state index in [1.807, 2.05) is 31.2 Å². The summed E-state index contributed by atoms with van der Waals surface area (Å²) in [5, 5.41) is 0. The van der Waals surface area contributed by atoms with Crippen molar-refractivity contribution >= 4 is 15.9 Å². The van der Waals surface area contributed by atoms with Crippen molar-refractivity contribution in [2.24, 2.45) is 0 Å². The summed E-state index contributed by atoms with van der Waals surface area (Å²) in [4.78, 5) is 14.9. The highest BCUT2D eigenvalue weighted by atomic mass is 32.2. The van der Waals surface area contributed by atoms with Gasteiger partial charge in [-0.15, -0.1) is 0 Å². The summed E-state index contributed by atoms with van der Waals surface area (Å²) in [6.45, 7) is 9.59. The van der Waals surface area contributed by atoms with Gasteiger partial charge in [-0.2, -0.15) is 0 Å². The molecule has 2 aromatic rings. The Morgan fingerprint density at radius 2 is 1.66 bits per heavy atom. The molecule has 174 valence electrons. The number of nitrogens with one attached hydrogen (secondary N) is 1. The average Bonchev–Trinajstić information content (AvgIpc) is 2.78. The van der Waals surface area contributed by atoms with E-state index in [4.69, 9.17) is 4.74 Å². The molecule has 0 radical (unpaired) electrons. The fourth-order valence-electron chi connectivity index (χ4n) is 3.93. The van der Waals surface area contributed by atoms with E-state index < -0.39 is 16.1 Å². The number of carbonyl (C=O) groups is 1. The molecule has 0 spiro atoms. The first-order valence-electron chi connectivity index (χ1n) is 11.1. The molecule has 0 saturated carbocycles. The Kier molecular flexibility index (Phi) is 7.30. The van der Waals surface area contributed by atoms with Gasteiger partial charge >= 0.3 is 0 Å². The number of rotatable bonds is 6. The van der Waals surface area contributed by atoms with Crippen LogP contribution in [0.5, 0.6) is 5.75 Å². The van der Waals surface area contributed by atoms with E-state index in [2.05, 4.69) is 25.5 Å². The fraction of sp³-hybridized carbons (Fsp3) is 0.480. The van der Waals surface area contributed by atoms with Gasteiger partial charge in [-0.3, -0.25) is 4.79 Å². The summed E-state index contributed by atoms with van der Waals surface area (Å²) >= 11 is 0. The van der Waals surface area contributed by atoms with Crippen LogP contribution < -0.4 is 9.46 Å². The summed E-state index contributed by atoms with van der Waals surface area (Å²) in [7, 11) is -2.35. The zero-order chi connectivity index (χ0) is 23.5. The third-order valence-corrected chi connectivity index (χ3v) is 7.50. The van der Waals surface area contributed by atoms with Crippen molar-refractivity contribution in [2.45, 2.75) is 63.3 Å². The van der Waals surface area contributed by atoms with Gasteiger partial charge in [0.2, 0.25) is 10.0 Å². The molecule has 0 bridgehead atoms. The van der Waals surface area contributed by atoms with Gasteiger partial charge in [0.1, 0.15) is 5.75 Å². The maximum Gasteiger partial charge on any atom is 0.257 e. The molecule has 3 rings (SSSR count). The molecule has 1 amide bonds. The Labute approximate surface area is 192 Å². The second-order valence-electron chi connectivity index (χ2n) is 9.43. The Morgan fingerprint density at radius 1 is 1.03 bits per heavy atom. The van der Waals surface area contributed by atoms with Gasteiger partial charge < -0.3 is 9.64 Å². The maximum atomic E-state index is 13.1. The molecule has 1 N–H and O–H groups in total. The molecule has 0 aromatic heterocycles. The minimum atomic E-state index is -3.83. The van der Waals surface area contributed by atoms with E-state index in [1.165, 1.54) is 24.8 Å². The standard InChI is InChI=1S/C25H34N2O4S/c1-18(19-9-11-20(12-10-19)25(2,3)4)26-32(29,30)21-13-14-23(31-5)22(17-21)24(28)27-15-7-6-8-16-27/h9-14,17-18,26H,6-8,15-16H2,1-5H3/t18-/m1/s1. The normalized spacial score (nSPS) is 16.0. The quantitative estimate of drug-likeness (QED) is 0.683. The summed E-state index contributed by atoms with van der Waals surface area (Å²) in [5.74, 6) is 0.190. The molecular weight excluding hydrogens is 424 g/mol. The lowest BCUT2D eigenvalue weighted by atomic mass is 9.86. The third kappa shape index (κ3) is 5.51. The molecule has 7 heteroatoms. The maximum absolute atomic E-state index is 13.1. The number of amides is 1. The second-order valence-corrected chi connectivity index (χ2v) is 11.1. The number of ether oxygens (including phenoxy) is 1. The van der Waals surface area contributed by atoms with E-state index >= 15 is 0 Å². The molecule has 1 saturated heterocycles. The molecule has 0 unspecified atom stereocenters. The van der Waals surface area contributed by atoms with Crippen LogP contribution >= 0.6 is 0 Å². The first-order chi connectivity index (χ1) is 15.0. The summed E-state index contributed by atoms with van der Waals surface area (Å²) in [5.41, 5.74) is 2.37. The summed E-state index contributed by atoms with van der Waals surface area (Å²) < 4.78 is 34.3. The number of hydrogen-bond acceptors (Lipinski definition) is 4. The molecular formula is C25H34N2O4S. The number of nitrogens with zero attached hydrogens (tertiary/aromatic N) is 1. The van der Waals surface area contributed by atoms with Crippen LogP contribution in [0.25, 0.3) is 0 Å². The Bertz CT molecular complexity index is 1050. The fourth-order valence-corrected chi connectivity index (χ4v) is 5.19. The molecule has 1 atom stereocenters. The lowest BCUT2D eigenvalue weighted by Crippen LogP contribution is -2.36. The molecule has 6 nitrogen and oxygen atoms in total. The molecule has 1 aliphatic rings. The third-order valence-electron chi connectivity index (χ3n) is 5.96. The number of carbonyl (C=O) groups excluding carboxylic acids is 1. The largest absolute Gasteiger partial charge is 0.496 e. The van der Waals surface area contributed by atoms with E-state index in [0.29, 0.717) is 18.8 Å². The van der Waals surface area contributed by atoms with Crippen molar-refractivity contribution in [3.8, 4) is 5.75 Å². The van der Waals surface area contributed by atoms with Crippen molar-refractivity contribution in [1.29, 1.82) is 0 Å². The van der Waals surface area contributed by atoms with Crippen molar-refractivity contribution in [1.82, 2.24) is 9.62 Å². The number of piperidine rings is 1. The predicted octanol–water partition coefficient (Wildman–Crippen LogP) is 4.66. The van der Waals surface area contributed by atoms with Crippen LogP contribution in [-0.2, 0) is 15.4 Å². The van der Waals surface area contributed by atoms with Crippen LogP contribution in [0.2, 0.25) is 0 Å². The highest BCUT2D eigenvalue weighted by molar-refractivity contribution is 7.89. The lowest BCUT2D eigenvalue weighted by molar-refractivity contribution is 0.0720. The van der Waals surface area contributed by atoms with Gasteiger partial charge in [0.15, 0.2) is 0 Å². The zero-order valence-corrected chi connectivity index (χ0v) is 20.5. The molecule has 1 aliphatic heterocycles. The summed E-state index contributed by atoms with van der Waals surface area (Å²) in [6.07, 6.45) is 3.02. The van der Waals surface area contributed by atoms with Crippen LogP contribution in [-0.4, -0.2) is 39.4 Å². The van der Waals surface area contributed by atoms with Gasteiger partial charge in [0.25, 0.3) is 5.91 Å². The van der Waals surface area contributed by atoms with Crippen LogP contribution in [0.4, 0.5) is 0 Å². The highest BCUT2D eigenvalue weighted by Gasteiger charge is 2.25. The molecule has 2 aromatic carbocycles. The van der Waals surface area contributed by atoms with Crippen LogP contribution in [0.1, 0.15) is 74.5 Å². The lowest BCUT2D eigenvalue weighted by Gasteiger charge is -2.27. The van der Waals surface area contributed by atoms with Crippen molar-refractivity contribution in [3.05, 3.63) is 59.2 Å². The van der Waals surface area contributed by atoms with Crippen molar-refractivity contribution in [3.63, 3.8) is 0 Å². The molecule has 1 fully saturated rings. The number of benzene rings is 2. The minimum absolute atomic E-state index is 0.0294. The van der Waals surface area contributed by atoms with Crippen molar-refractivity contribution < 1.29 is 17.9 Å². The number of hydrogen-bond donors (Lipinski definition) is 1. The van der Waals surface area contributed by atoms with Crippen molar-refractivity contribution in [2.75, 3.05) is 20.2 Å². The second kappa shape index (κ2) is 9.63. The Hall–Kier alpha value is -2.38. The number of methoxy groups -OCH3 is 1. The number of sulfonamides is 1. The van der Waals surface area contributed by atoms with Crippen LogP contribution in [0.15, 0.2) is 47.4 Å². The molecule has 0 aliphatic carbocycles. The topological polar surface area (TPSA) is 75.7 Å². The van der Waals surface area contributed by atoms with E-state index in [1.54, 1.807) is 11.0 Å². The predicted molar refractivity (Wildman–Crippen MR) is 127 cm³/mol. The van der Waals surface area contributed by atoms with Gasteiger partial charge in [0, 0.05) is 19.1 Å². The molecule has 32 heavy (non-hydrogen) atoms. The van der Waals surface area contributed by atoms with E-state index in [-0.39, 0.29) is 21.8 Å². The van der Waals surface area contributed by atoms with Gasteiger partial charge in [0.05, 0.1) is 17.6 Å². The Balaban J connectivity index is 1.83. The van der Waals surface area contributed by atoms with Gasteiger partial charge in [-0.1, -0.05) is 45.0 Å². The van der Waals surface area contributed by atoms with Crippen LogP contribution in [0.3, 0.4) is 0 Å². The smallest absolute Gasteiger partial charge is 0.257 e.